The molecule has 450 valence electrons. The molecule has 2 saturated heterocycles. The number of ether oxygens (including phenoxy) is 4. The zero-order chi connectivity index (χ0) is 60.2. The third-order valence-electron chi connectivity index (χ3n) is 9.48. The van der Waals surface area contributed by atoms with Crippen molar-refractivity contribution in [3.8, 4) is 11.5 Å². The third kappa shape index (κ3) is 22.1. The van der Waals surface area contributed by atoms with Gasteiger partial charge in [-0.25, -0.2) is 33.5 Å². The van der Waals surface area contributed by atoms with Gasteiger partial charge in [0.1, 0.15) is 48.1 Å². The summed E-state index contributed by atoms with van der Waals surface area (Å²) < 4.78 is 316. The monoisotopic (exact) mass is 1310 g/mol. The van der Waals surface area contributed by atoms with Gasteiger partial charge in [0.25, 0.3) is 11.8 Å². The van der Waals surface area contributed by atoms with Gasteiger partial charge >= 0.3 is 83.2 Å². The zero-order valence-electron chi connectivity index (χ0n) is 38.2. The van der Waals surface area contributed by atoms with E-state index in [-0.39, 0.29) is 22.5 Å². The van der Waals surface area contributed by atoms with Gasteiger partial charge < -0.3 is 29.6 Å². The summed E-state index contributed by atoms with van der Waals surface area (Å²) in [5.41, 5.74) is -0.265. The smallest absolute Gasteiger partial charge is 0.397 e. The van der Waals surface area contributed by atoms with E-state index in [4.69, 9.17) is 28.1 Å². The fourth-order valence-corrected chi connectivity index (χ4v) is 10.3. The second kappa shape index (κ2) is 25.3. The van der Waals surface area contributed by atoms with Crippen LogP contribution in [0.5, 0.6) is 11.5 Å². The second-order valence-corrected chi connectivity index (χ2v) is 23.7. The molecule has 0 aliphatic carbocycles. The molecule has 2 heterocycles. The lowest BCUT2D eigenvalue weighted by Crippen LogP contribution is -2.63. The molecule has 2 fully saturated rings. The van der Waals surface area contributed by atoms with Crippen LogP contribution in [0, 0.1) is 0 Å². The molecule has 0 radical (unpaired) electrons. The highest BCUT2D eigenvalue weighted by Crippen LogP contribution is 2.35. The maximum atomic E-state index is 13.1. The van der Waals surface area contributed by atoms with Crippen molar-refractivity contribution >= 4 is 106 Å². The molecular formula is C32H36N2O38S8. The molecule has 0 unspecified atom stereocenters. The van der Waals surface area contributed by atoms with E-state index in [9.17, 15) is 104 Å². The number of hydrogen-bond donors (Lipinski definition) is 10. The van der Waals surface area contributed by atoms with Crippen LogP contribution >= 0.6 is 0 Å². The highest BCUT2D eigenvalue weighted by molar-refractivity contribution is 7.82. The fourth-order valence-electron chi connectivity index (χ4n) is 6.70. The minimum Gasteiger partial charge on any atom is -0.462 e. The molecule has 5 rings (SSSR count). The van der Waals surface area contributed by atoms with Crippen LogP contribution in [0.1, 0.15) is 20.7 Å². The van der Waals surface area contributed by atoms with E-state index in [0.717, 1.165) is 72.8 Å². The van der Waals surface area contributed by atoms with Crippen molar-refractivity contribution in [2.24, 2.45) is 0 Å². The number of amides is 2. The van der Waals surface area contributed by atoms with Crippen LogP contribution in [0.2, 0.25) is 0 Å². The molecular weight excluding hydrogens is 1280 g/mol. The lowest BCUT2D eigenvalue weighted by atomic mass is 9.99. The summed E-state index contributed by atoms with van der Waals surface area (Å²) in [7, 11) is -45.6. The Morgan fingerprint density at radius 1 is 0.362 bits per heavy atom. The van der Waals surface area contributed by atoms with Crippen LogP contribution in [-0.2, 0) is 126 Å². The topological polar surface area (TPSA) is 604 Å². The first-order valence-corrected chi connectivity index (χ1v) is 31.1. The summed E-state index contributed by atoms with van der Waals surface area (Å²) in [5, 5.41) is 4.87. The minimum atomic E-state index is -5.82. The lowest BCUT2D eigenvalue weighted by Gasteiger charge is -2.42. The van der Waals surface area contributed by atoms with Crippen molar-refractivity contribution in [3.05, 3.63) is 83.9 Å². The average Bonchev–Trinajstić information content (AvgIpc) is 3.27. The normalized spacial score (nSPS) is 24.6. The van der Waals surface area contributed by atoms with Crippen molar-refractivity contribution in [2.45, 2.75) is 61.4 Å². The molecule has 40 nitrogen and oxygen atoms in total. The number of rotatable bonds is 26. The molecule has 10 N–H and O–H groups in total. The Kier molecular flexibility index (Phi) is 20.8. The summed E-state index contributed by atoms with van der Waals surface area (Å²) in [6, 6.07) is 13.0. The number of nitrogens with one attached hydrogen (secondary N) is 2. The Labute approximate surface area is 450 Å². The highest BCUT2D eigenvalue weighted by atomic mass is 32.3. The summed E-state index contributed by atoms with van der Waals surface area (Å²) in [5.74, 6) is -2.55. The van der Waals surface area contributed by atoms with E-state index in [2.05, 4.69) is 44.1 Å². The van der Waals surface area contributed by atoms with Crippen molar-refractivity contribution < 1.29 is 166 Å². The summed E-state index contributed by atoms with van der Waals surface area (Å²) in [6.07, 6.45) is -26.4. The van der Waals surface area contributed by atoms with Crippen molar-refractivity contribution in [1.29, 1.82) is 0 Å². The van der Waals surface area contributed by atoms with E-state index in [1.165, 1.54) is 0 Å². The van der Waals surface area contributed by atoms with Crippen molar-refractivity contribution in [1.82, 2.24) is 0 Å². The SMILES string of the molecule is O=C(Nc1ccc(O[C@@H]2O[C@H](COS(=O)(=O)O)[C@@H](OS(=O)(=O)O)[C@H](OS(=O)(=O)O)[C@H]2OS(=O)(=O)O)cc1)c1ccc(C(=O)Nc2ccc(O[C@@H]3O[C@H](COS(=O)(=O)O)[C@@H](OS(=O)(=O)O)[C@H](OS(=O)(=O)O)[C@H]3OS(=O)(=O)O)cc2)cc1. The molecule has 3 aromatic carbocycles. The molecule has 0 saturated carbocycles. The Hall–Kier alpha value is -4.92. The van der Waals surface area contributed by atoms with E-state index in [1.807, 2.05) is 0 Å². The fraction of sp³-hybridized carbons (Fsp3) is 0.375. The number of carbonyl (C=O) groups is 2. The van der Waals surface area contributed by atoms with E-state index in [1.54, 1.807) is 0 Å². The predicted molar refractivity (Wildman–Crippen MR) is 247 cm³/mol. The van der Waals surface area contributed by atoms with Crippen LogP contribution in [-0.4, -0.2) is 190 Å². The lowest BCUT2D eigenvalue weighted by molar-refractivity contribution is -0.260. The first-order valence-electron chi connectivity index (χ1n) is 20.1. The maximum absolute atomic E-state index is 13.1. The first-order chi connectivity index (χ1) is 36.4. The molecule has 0 aromatic heterocycles. The molecule has 48 heteroatoms. The average molecular weight is 1310 g/mol. The summed E-state index contributed by atoms with van der Waals surface area (Å²) in [6.45, 7) is -3.09. The van der Waals surface area contributed by atoms with E-state index in [0.29, 0.717) is 0 Å². The second-order valence-electron chi connectivity index (χ2n) is 15.2. The standard InChI is InChI=1S/C32H36N2O38S8/c35-29(33-17-5-9-19(10-6-17)63-31-27(71-79(55,56)57)25(69-77(49,50)51)23(67-75(43,44)45)21(65-31)13-61-73(37,38)39)15-1-2-16(4-3-15)30(36)34-18-7-11-20(12-8-18)64-32-28(72-80(58,59)60)26(70-78(52,53)54)24(68-76(46,47)48)22(66-32)14-62-74(40,41)42/h1-12,21-28,31-32H,13-14H2,(H,33,35)(H,34,36)(H,37,38,39)(H,40,41,42)(H,43,44,45)(H,46,47,48)(H,49,50,51)(H,52,53,54)(H,55,56,57)(H,58,59,60)/t21-,22-,23-,24-,25+,26+,27-,28-,31-,32-/m1/s1. The molecule has 10 atom stereocenters. The van der Waals surface area contributed by atoms with Crippen LogP contribution in [0.15, 0.2) is 72.8 Å². The molecule has 80 heavy (non-hydrogen) atoms. The number of carbonyl (C=O) groups excluding carboxylic acids is 2. The first kappa shape index (κ1) is 65.9. The zero-order valence-corrected chi connectivity index (χ0v) is 44.7. The van der Waals surface area contributed by atoms with Crippen LogP contribution in [0.25, 0.3) is 0 Å². The van der Waals surface area contributed by atoms with Crippen molar-refractivity contribution in [2.75, 3.05) is 23.8 Å². The molecule has 0 bridgehead atoms. The predicted octanol–water partition coefficient (Wildman–Crippen LogP) is -2.83. The van der Waals surface area contributed by atoms with Gasteiger partial charge in [0.15, 0.2) is 12.2 Å². The maximum Gasteiger partial charge on any atom is 0.397 e. The molecule has 2 amide bonds. The van der Waals surface area contributed by atoms with Gasteiger partial charge in [0.2, 0.25) is 12.6 Å². The van der Waals surface area contributed by atoms with Crippen LogP contribution < -0.4 is 20.1 Å². The van der Waals surface area contributed by atoms with Gasteiger partial charge in [-0.15, -0.1) is 0 Å². The minimum absolute atomic E-state index is 0.0374. The molecule has 2 aliphatic heterocycles. The Bertz CT molecular complexity index is 3420. The summed E-state index contributed by atoms with van der Waals surface area (Å²) >= 11 is 0. The van der Waals surface area contributed by atoms with Gasteiger partial charge in [0.05, 0.1) is 13.2 Å². The summed E-state index contributed by atoms with van der Waals surface area (Å²) in [4.78, 5) is 26.3. The Balaban J connectivity index is 1.29. The van der Waals surface area contributed by atoms with Gasteiger partial charge in [-0.2, -0.15) is 67.3 Å². The van der Waals surface area contributed by atoms with Crippen LogP contribution in [0.3, 0.4) is 0 Å². The Morgan fingerprint density at radius 2 is 0.613 bits per heavy atom. The van der Waals surface area contributed by atoms with E-state index >= 15 is 0 Å². The highest BCUT2D eigenvalue weighted by Gasteiger charge is 2.56. The number of hydrogen-bond acceptors (Lipinski definition) is 30. The van der Waals surface area contributed by atoms with Gasteiger partial charge in [-0.1, -0.05) is 0 Å². The number of anilines is 2. The van der Waals surface area contributed by atoms with Gasteiger partial charge in [-0.3, -0.25) is 46.0 Å². The number of benzene rings is 3. The van der Waals surface area contributed by atoms with Gasteiger partial charge in [0, 0.05) is 22.5 Å². The third-order valence-corrected chi connectivity index (χ3v) is 13.1. The van der Waals surface area contributed by atoms with Crippen molar-refractivity contribution in [3.63, 3.8) is 0 Å². The van der Waals surface area contributed by atoms with Gasteiger partial charge in [-0.05, 0) is 72.8 Å². The Morgan fingerprint density at radius 3 is 0.863 bits per heavy atom. The molecule has 0 spiro atoms. The molecule has 3 aromatic rings. The largest absolute Gasteiger partial charge is 0.462 e. The van der Waals surface area contributed by atoms with E-state index < -0.39 is 181 Å². The quantitative estimate of drug-likeness (QED) is 0.0362. The molecule has 2 aliphatic rings. The van der Waals surface area contributed by atoms with Crippen LogP contribution in [0.4, 0.5) is 11.4 Å².